The molecule has 2 N–H and O–H groups in total. The fourth-order valence-corrected chi connectivity index (χ4v) is 6.08. The van der Waals surface area contributed by atoms with Gasteiger partial charge in [-0.3, -0.25) is 9.69 Å². The molecule has 0 aliphatic carbocycles. The molecule has 0 amide bonds. The molecule has 1 aromatic carbocycles. The first-order chi connectivity index (χ1) is 18.9. The summed E-state index contributed by atoms with van der Waals surface area (Å²) in [6.45, 7) is 7.53. The number of ether oxygens (including phenoxy) is 3. The molecule has 39 heavy (non-hydrogen) atoms. The van der Waals surface area contributed by atoms with Gasteiger partial charge in [-0.1, -0.05) is 24.3 Å². The van der Waals surface area contributed by atoms with E-state index < -0.39 is 17.6 Å². The lowest BCUT2D eigenvalue weighted by Gasteiger charge is -2.38. The summed E-state index contributed by atoms with van der Waals surface area (Å²) in [6, 6.07) is 9.63. The van der Waals surface area contributed by atoms with E-state index in [4.69, 9.17) is 19.2 Å². The Morgan fingerprint density at radius 1 is 1.26 bits per heavy atom. The second-order valence-electron chi connectivity index (χ2n) is 11.6. The van der Waals surface area contributed by atoms with Crippen LogP contribution in [0.2, 0.25) is 0 Å². The number of unbranched alkanes of at least 4 members (excludes halogenated alkanes) is 1. The first kappa shape index (κ1) is 28.0. The van der Waals surface area contributed by atoms with Crippen LogP contribution in [0.3, 0.4) is 0 Å². The summed E-state index contributed by atoms with van der Waals surface area (Å²) in [7, 11) is 1.69. The molecule has 5 rings (SSSR count). The van der Waals surface area contributed by atoms with Gasteiger partial charge in [-0.15, -0.1) is 0 Å². The lowest BCUT2D eigenvalue weighted by atomic mass is 9.85. The number of carboxylic acids is 1. The minimum absolute atomic E-state index is 0.0564. The van der Waals surface area contributed by atoms with Crippen molar-refractivity contribution in [3.8, 4) is 0 Å². The number of hydrogen-bond acceptors (Lipinski definition) is 7. The molecule has 0 spiro atoms. The van der Waals surface area contributed by atoms with Crippen LogP contribution in [-0.4, -0.2) is 72.1 Å². The maximum absolute atomic E-state index is 12.6. The largest absolute Gasteiger partial charge is 0.480 e. The van der Waals surface area contributed by atoms with Crippen LogP contribution in [0.4, 0.5) is 5.82 Å². The van der Waals surface area contributed by atoms with Crippen molar-refractivity contribution in [1.82, 2.24) is 9.88 Å². The van der Waals surface area contributed by atoms with Gasteiger partial charge in [-0.2, -0.15) is 0 Å². The smallest absolute Gasteiger partial charge is 0.325 e. The van der Waals surface area contributed by atoms with E-state index >= 15 is 0 Å². The van der Waals surface area contributed by atoms with Crippen molar-refractivity contribution < 1.29 is 24.1 Å². The monoisotopic (exact) mass is 537 g/mol. The zero-order valence-electron chi connectivity index (χ0n) is 23.6. The Hall–Kier alpha value is -2.52. The van der Waals surface area contributed by atoms with Crippen LogP contribution in [0.25, 0.3) is 0 Å². The van der Waals surface area contributed by atoms with Crippen LogP contribution in [0.5, 0.6) is 0 Å². The number of aromatic nitrogens is 1. The van der Waals surface area contributed by atoms with E-state index in [-0.39, 0.29) is 12.2 Å². The van der Waals surface area contributed by atoms with E-state index in [1.54, 1.807) is 7.11 Å². The Labute approximate surface area is 232 Å². The number of aryl methyl sites for hydroxylation is 2. The molecule has 0 saturated carbocycles. The average molecular weight is 538 g/mol. The predicted molar refractivity (Wildman–Crippen MR) is 150 cm³/mol. The molecular formula is C31H43N3O5. The molecule has 3 atom stereocenters. The van der Waals surface area contributed by atoms with Gasteiger partial charge in [0, 0.05) is 45.5 Å². The fraction of sp³-hybridized carbons (Fsp3) is 0.613. The van der Waals surface area contributed by atoms with Gasteiger partial charge < -0.3 is 24.6 Å². The second-order valence-corrected chi connectivity index (χ2v) is 11.6. The van der Waals surface area contributed by atoms with Gasteiger partial charge in [0.05, 0.1) is 24.4 Å². The highest BCUT2D eigenvalue weighted by Gasteiger charge is 2.39. The summed E-state index contributed by atoms with van der Waals surface area (Å²) in [5.74, 6) is 0.240. The third-order valence-corrected chi connectivity index (χ3v) is 8.64. The minimum Gasteiger partial charge on any atom is -0.480 e. The van der Waals surface area contributed by atoms with Gasteiger partial charge in [-0.05, 0) is 80.7 Å². The van der Waals surface area contributed by atoms with E-state index in [9.17, 15) is 9.90 Å². The molecule has 4 heterocycles. The Kier molecular flexibility index (Phi) is 8.86. The highest BCUT2D eigenvalue weighted by Crippen LogP contribution is 2.36. The molecular weight excluding hydrogens is 494 g/mol. The third kappa shape index (κ3) is 6.46. The topological polar surface area (TPSA) is 93.2 Å². The van der Waals surface area contributed by atoms with Crippen molar-refractivity contribution in [1.29, 1.82) is 0 Å². The molecule has 0 bridgehead atoms. The van der Waals surface area contributed by atoms with Crippen LogP contribution in [0.15, 0.2) is 30.3 Å². The summed E-state index contributed by atoms with van der Waals surface area (Å²) in [5, 5.41) is 13.7. The number of fused-ring (bicyclic) bond motifs is 2. The number of anilines is 1. The number of hydrogen-bond donors (Lipinski definition) is 2. The summed E-state index contributed by atoms with van der Waals surface area (Å²) >= 11 is 0. The minimum atomic E-state index is -0.815. The number of benzene rings is 1. The van der Waals surface area contributed by atoms with Crippen molar-refractivity contribution in [2.75, 3.05) is 38.7 Å². The number of aliphatic carboxylic acids is 1. The van der Waals surface area contributed by atoms with Gasteiger partial charge in [0.1, 0.15) is 11.9 Å². The molecule has 1 saturated heterocycles. The summed E-state index contributed by atoms with van der Waals surface area (Å²) in [4.78, 5) is 19.4. The highest BCUT2D eigenvalue weighted by molar-refractivity contribution is 5.76. The molecule has 2 aromatic rings. The lowest BCUT2D eigenvalue weighted by Crippen LogP contribution is -2.44. The van der Waals surface area contributed by atoms with Crippen LogP contribution in [-0.2, 0) is 44.9 Å². The highest BCUT2D eigenvalue weighted by atomic mass is 16.5. The number of nitrogens with one attached hydrogen (secondary N) is 1. The number of likely N-dealkylation sites (tertiary alicyclic amines) is 1. The maximum Gasteiger partial charge on any atom is 0.325 e. The molecule has 8 nitrogen and oxygen atoms in total. The Bertz CT molecular complexity index is 1150. The molecule has 212 valence electrons. The van der Waals surface area contributed by atoms with Gasteiger partial charge in [0.15, 0.2) is 0 Å². The first-order valence-corrected chi connectivity index (χ1v) is 14.4. The maximum atomic E-state index is 12.6. The van der Waals surface area contributed by atoms with Crippen molar-refractivity contribution in [3.63, 3.8) is 0 Å². The molecule has 3 aliphatic rings. The van der Waals surface area contributed by atoms with Crippen LogP contribution in [0.1, 0.15) is 73.5 Å². The van der Waals surface area contributed by atoms with Crippen LogP contribution < -0.4 is 5.32 Å². The quantitative estimate of drug-likeness (QED) is 0.404. The van der Waals surface area contributed by atoms with Crippen molar-refractivity contribution in [2.24, 2.45) is 0 Å². The van der Waals surface area contributed by atoms with E-state index in [0.717, 1.165) is 66.9 Å². The van der Waals surface area contributed by atoms with Crippen molar-refractivity contribution in [2.45, 2.75) is 89.3 Å². The van der Waals surface area contributed by atoms with E-state index in [0.29, 0.717) is 32.7 Å². The molecule has 1 fully saturated rings. The average Bonchev–Trinajstić information content (AvgIpc) is 3.40. The third-order valence-electron chi connectivity index (χ3n) is 8.64. The fourth-order valence-electron chi connectivity index (χ4n) is 6.08. The molecule has 0 radical (unpaired) electrons. The Morgan fingerprint density at radius 2 is 2.13 bits per heavy atom. The number of nitrogens with zero attached hydrogens (tertiary/aromatic N) is 2. The number of methoxy groups -OCH3 is 1. The van der Waals surface area contributed by atoms with E-state index in [1.807, 2.05) is 32.0 Å². The van der Waals surface area contributed by atoms with Crippen LogP contribution in [0, 0.1) is 0 Å². The van der Waals surface area contributed by atoms with Gasteiger partial charge >= 0.3 is 5.97 Å². The predicted octanol–water partition coefficient (Wildman–Crippen LogP) is 4.55. The summed E-state index contributed by atoms with van der Waals surface area (Å²) in [6.07, 6.45) is 6.63. The zero-order chi connectivity index (χ0) is 27.4. The van der Waals surface area contributed by atoms with Crippen molar-refractivity contribution >= 4 is 11.8 Å². The number of carboxylic acid groups (broad SMARTS) is 1. The van der Waals surface area contributed by atoms with Crippen LogP contribution >= 0.6 is 0 Å². The number of pyridine rings is 1. The van der Waals surface area contributed by atoms with Gasteiger partial charge in [0.25, 0.3) is 0 Å². The molecule has 1 aromatic heterocycles. The van der Waals surface area contributed by atoms with Crippen molar-refractivity contribution in [3.05, 3.63) is 58.3 Å². The van der Waals surface area contributed by atoms with E-state index in [2.05, 4.69) is 22.3 Å². The molecule has 8 heteroatoms. The second kappa shape index (κ2) is 12.3. The van der Waals surface area contributed by atoms with E-state index in [1.165, 1.54) is 12.0 Å². The normalized spacial score (nSPS) is 22.1. The number of rotatable bonds is 11. The Morgan fingerprint density at radius 3 is 2.95 bits per heavy atom. The SMILES string of the molecule is COC(C)(C)C1Cc2c(cccc2C(C(=O)O)N2CCC(OCCCCc3ccc4c(n3)NCCC4)C2)CO1. The summed E-state index contributed by atoms with van der Waals surface area (Å²) in [5.41, 5.74) is 5.02. The lowest BCUT2D eigenvalue weighted by molar-refractivity contribution is -0.143. The summed E-state index contributed by atoms with van der Waals surface area (Å²) < 4.78 is 18.0. The van der Waals surface area contributed by atoms with Gasteiger partial charge in [0.2, 0.25) is 0 Å². The first-order valence-electron chi connectivity index (χ1n) is 14.4. The molecule has 3 aliphatic heterocycles. The zero-order valence-corrected chi connectivity index (χ0v) is 23.6. The molecule has 3 unspecified atom stereocenters. The standard InChI is InChI=1S/C31H43N3O5/c1-31(2,37-3)27-18-26-22(20-39-27)8-6-11-25(26)28(30(35)36)34-16-14-24(19-34)38-17-5-4-10-23-13-12-21-9-7-15-32-29(21)33-23/h6,8,11-13,24,27-28H,4-5,7,9-10,14-20H2,1-3H3,(H,32,33)(H,35,36). The van der Waals surface area contributed by atoms with Gasteiger partial charge in [-0.25, -0.2) is 4.98 Å². The Balaban J connectivity index is 1.14. The number of carbonyl (C=O) groups is 1.